The molecule has 0 aromatic heterocycles. The number of rotatable bonds is 4. The molecule has 1 aromatic rings. The van der Waals surface area contributed by atoms with Crippen LogP contribution >= 0.6 is 11.8 Å². The van der Waals surface area contributed by atoms with Gasteiger partial charge in [0.05, 0.1) is 0 Å². The molecule has 0 spiro atoms. The van der Waals surface area contributed by atoms with Gasteiger partial charge in [0.15, 0.2) is 0 Å². The first-order valence-corrected chi connectivity index (χ1v) is 4.84. The van der Waals surface area contributed by atoms with Crippen molar-refractivity contribution in [2.45, 2.75) is 5.75 Å². The highest BCUT2D eigenvalue weighted by atomic mass is 32.2. The number of benzene rings is 1. The van der Waals surface area contributed by atoms with Gasteiger partial charge in [-0.1, -0.05) is 42.1 Å². The summed E-state index contributed by atoms with van der Waals surface area (Å²) in [4.78, 5) is 11.0. The van der Waals surface area contributed by atoms with Crippen LogP contribution in [0.2, 0.25) is 0 Å². The maximum Gasteiger partial charge on any atom is 0.212 e. The van der Waals surface area contributed by atoms with Gasteiger partial charge in [-0.25, -0.2) is 5.53 Å². The fourth-order valence-corrected chi connectivity index (χ4v) is 1.52. The van der Waals surface area contributed by atoms with Crippen LogP contribution in [0.15, 0.2) is 35.4 Å². The topological polar surface area (TPSA) is 53.3 Å². The molecule has 0 heterocycles. The predicted octanol–water partition coefficient (Wildman–Crippen LogP) is 2.48. The summed E-state index contributed by atoms with van der Waals surface area (Å²) in [5, 5.41) is 2.97. The molecule has 3 nitrogen and oxygen atoms in total. The van der Waals surface area contributed by atoms with E-state index in [1.54, 1.807) is 0 Å². The maximum atomic E-state index is 11.0. The van der Waals surface area contributed by atoms with Gasteiger partial charge in [0.2, 0.25) is 5.12 Å². The summed E-state index contributed by atoms with van der Waals surface area (Å²) in [7, 11) is 0. The summed E-state index contributed by atoms with van der Waals surface area (Å²) < 4.78 is 0. The molecule has 0 saturated heterocycles. The number of carbonyl (C=O) groups excluding carboxylic acids is 1. The van der Waals surface area contributed by atoms with Gasteiger partial charge in [-0.15, -0.1) is 0 Å². The Balaban J connectivity index is 2.35. The number of carbonyl (C=O) groups is 1. The summed E-state index contributed by atoms with van der Waals surface area (Å²) in [6.07, 6.45) is 0. The van der Waals surface area contributed by atoms with Crippen LogP contribution in [-0.4, -0.2) is 11.7 Å². The summed E-state index contributed by atoms with van der Waals surface area (Å²) in [5.41, 5.74) is 7.62. The van der Waals surface area contributed by atoms with Gasteiger partial charge in [-0.3, -0.25) is 4.79 Å². The number of nitrogens with zero attached hydrogens (tertiary/aromatic N) is 1. The van der Waals surface area contributed by atoms with Gasteiger partial charge in [0.1, 0.15) is 6.54 Å². The highest BCUT2D eigenvalue weighted by molar-refractivity contribution is 8.13. The van der Waals surface area contributed by atoms with E-state index in [0.717, 1.165) is 5.56 Å². The molecule has 13 heavy (non-hydrogen) atoms. The number of hydrogen-bond donors (Lipinski definition) is 1. The Hall–Kier alpha value is -1.16. The smallest absolute Gasteiger partial charge is 0.212 e. The molecule has 1 N–H and O–H groups in total. The first-order chi connectivity index (χ1) is 6.33. The number of nitrogens with one attached hydrogen (secondary N) is 1. The Bertz CT molecular complexity index is 287. The van der Waals surface area contributed by atoms with E-state index < -0.39 is 0 Å². The minimum Gasteiger partial charge on any atom is -0.285 e. The van der Waals surface area contributed by atoms with E-state index in [1.807, 2.05) is 30.3 Å². The summed E-state index contributed by atoms with van der Waals surface area (Å²) in [6, 6.07) is 9.76. The van der Waals surface area contributed by atoms with Crippen molar-refractivity contribution < 1.29 is 4.79 Å². The van der Waals surface area contributed by atoms with Gasteiger partial charge in [0, 0.05) is 5.75 Å². The Kier molecular flexibility index (Phi) is 4.18. The maximum absolute atomic E-state index is 11.0. The lowest BCUT2D eigenvalue weighted by molar-refractivity contribution is -0.109. The molecule has 0 aliphatic carbocycles. The minimum absolute atomic E-state index is 0.0164. The quantitative estimate of drug-likeness (QED) is 0.748. The largest absolute Gasteiger partial charge is 0.285 e. The molecule has 0 aliphatic heterocycles. The van der Waals surface area contributed by atoms with Crippen LogP contribution in [0.25, 0.3) is 0 Å². The Labute approximate surface area is 81.0 Å². The minimum atomic E-state index is -0.0566. The fraction of sp³-hybridized carbons (Fsp3) is 0.222. The van der Waals surface area contributed by atoms with Crippen LogP contribution < -0.4 is 0 Å². The first-order valence-electron chi connectivity index (χ1n) is 3.85. The van der Waals surface area contributed by atoms with Gasteiger partial charge < -0.3 is 0 Å². The Morgan fingerprint density at radius 2 is 2.08 bits per heavy atom. The molecule has 68 valence electrons. The second-order valence-electron chi connectivity index (χ2n) is 2.46. The zero-order valence-electron chi connectivity index (χ0n) is 7.06. The molecule has 0 bridgehead atoms. The highest BCUT2D eigenvalue weighted by Crippen LogP contribution is 2.12. The van der Waals surface area contributed by atoms with Crippen LogP contribution in [0.5, 0.6) is 0 Å². The molecule has 0 fully saturated rings. The first kappa shape index (κ1) is 9.92. The van der Waals surface area contributed by atoms with Crippen molar-refractivity contribution in [3.63, 3.8) is 0 Å². The third kappa shape index (κ3) is 3.85. The van der Waals surface area contributed by atoms with Crippen molar-refractivity contribution in [2.75, 3.05) is 6.54 Å². The van der Waals surface area contributed by atoms with E-state index in [-0.39, 0.29) is 11.7 Å². The van der Waals surface area contributed by atoms with E-state index in [0.29, 0.717) is 5.75 Å². The van der Waals surface area contributed by atoms with Gasteiger partial charge >= 0.3 is 0 Å². The standard InChI is InChI=1S/C9H10N2OS/c10-11-6-9(12)13-7-8-4-2-1-3-5-8/h1-5,10H,6-7H2. The van der Waals surface area contributed by atoms with Gasteiger partial charge in [0.25, 0.3) is 0 Å². The highest BCUT2D eigenvalue weighted by Gasteiger charge is 2.01. The third-order valence-electron chi connectivity index (χ3n) is 1.45. The van der Waals surface area contributed by atoms with Crippen molar-refractivity contribution >= 4 is 16.9 Å². The molecule has 1 aromatic carbocycles. The van der Waals surface area contributed by atoms with Gasteiger partial charge in [-0.2, -0.15) is 5.11 Å². The second kappa shape index (κ2) is 5.48. The zero-order valence-corrected chi connectivity index (χ0v) is 7.88. The average molecular weight is 194 g/mol. The van der Waals surface area contributed by atoms with Crippen LogP contribution in [0.3, 0.4) is 0 Å². The van der Waals surface area contributed by atoms with E-state index in [4.69, 9.17) is 5.53 Å². The van der Waals surface area contributed by atoms with Crippen LogP contribution in [0.4, 0.5) is 0 Å². The van der Waals surface area contributed by atoms with Crippen molar-refractivity contribution in [3.05, 3.63) is 35.9 Å². The van der Waals surface area contributed by atoms with E-state index in [2.05, 4.69) is 5.11 Å². The SMILES string of the molecule is N=NCC(=O)SCc1ccccc1. The predicted molar refractivity (Wildman–Crippen MR) is 52.8 cm³/mol. The molecule has 4 heteroatoms. The number of thioether (sulfide) groups is 1. The second-order valence-corrected chi connectivity index (χ2v) is 3.50. The molecule has 0 amide bonds. The van der Waals surface area contributed by atoms with Crippen LogP contribution in [0.1, 0.15) is 5.56 Å². The Morgan fingerprint density at radius 3 is 2.69 bits per heavy atom. The molecule has 0 radical (unpaired) electrons. The van der Waals surface area contributed by atoms with E-state index in [1.165, 1.54) is 11.8 Å². The zero-order chi connectivity index (χ0) is 9.52. The summed E-state index contributed by atoms with van der Waals surface area (Å²) in [6.45, 7) is -0.0164. The van der Waals surface area contributed by atoms with Crippen molar-refractivity contribution in [1.29, 1.82) is 5.53 Å². The van der Waals surface area contributed by atoms with Crippen LogP contribution in [-0.2, 0) is 10.5 Å². The normalized spacial score (nSPS) is 9.54. The van der Waals surface area contributed by atoms with E-state index >= 15 is 0 Å². The summed E-state index contributed by atoms with van der Waals surface area (Å²) in [5.74, 6) is 0.662. The lowest BCUT2D eigenvalue weighted by atomic mass is 10.2. The van der Waals surface area contributed by atoms with Crippen molar-refractivity contribution in [1.82, 2.24) is 0 Å². The molecular formula is C9H10N2OS. The lowest BCUT2D eigenvalue weighted by Gasteiger charge is -1.97. The van der Waals surface area contributed by atoms with Gasteiger partial charge in [-0.05, 0) is 5.56 Å². The van der Waals surface area contributed by atoms with Crippen LogP contribution in [0, 0.1) is 5.53 Å². The molecular weight excluding hydrogens is 184 g/mol. The molecule has 1 rings (SSSR count). The monoisotopic (exact) mass is 194 g/mol. The number of hydrogen-bond acceptors (Lipinski definition) is 4. The van der Waals surface area contributed by atoms with E-state index in [9.17, 15) is 4.79 Å². The molecule has 0 atom stereocenters. The van der Waals surface area contributed by atoms with Crippen molar-refractivity contribution in [2.24, 2.45) is 5.11 Å². The third-order valence-corrected chi connectivity index (χ3v) is 2.38. The summed E-state index contributed by atoms with van der Waals surface area (Å²) >= 11 is 1.20. The average Bonchev–Trinajstić information content (AvgIpc) is 2.17. The Morgan fingerprint density at radius 1 is 1.38 bits per heavy atom. The molecule has 0 saturated carbocycles. The lowest BCUT2D eigenvalue weighted by Crippen LogP contribution is -1.95. The molecule has 0 unspecified atom stereocenters. The molecule has 0 aliphatic rings. The van der Waals surface area contributed by atoms with Crippen molar-refractivity contribution in [3.8, 4) is 0 Å². The fourth-order valence-electron chi connectivity index (χ4n) is 0.848.